The molecule has 1 rings (SSSR count). The van der Waals surface area contributed by atoms with Crippen LogP contribution in [-0.2, 0) is 4.79 Å². The topological polar surface area (TPSA) is 64.9 Å². The Hall–Kier alpha value is -1.47. The summed E-state index contributed by atoms with van der Waals surface area (Å²) in [5.41, 5.74) is 6.28. The van der Waals surface area contributed by atoms with Crippen LogP contribution in [0.1, 0.15) is 66.7 Å². The molecule has 5 nitrogen and oxygen atoms in total. The van der Waals surface area contributed by atoms with Crippen LogP contribution in [0.25, 0.3) is 11.1 Å². The van der Waals surface area contributed by atoms with Gasteiger partial charge in [-0.05, 0) is 50.5 Å². The number of carbonyl (C=O) groups is 1. The quantitative estimate of drug-likeness (QED) is 0.147. The normalized spacial score (nSPS) is 14.2. The standard InChI is InChI=1S/C24H38BrN3O2S/c1-7-11-18(3)20-13-9-10-14-21(20)19(12-8-2)15-16-28(17-25)23(27-26-6)31-24(4,5)22(29)30/h9-10,13-14,26H,7-8,11-12,15-17H2,1-6H3,(H,29,30)/b20-18+,21-19+,27-23+. The first-order chi connectivity index (χ1) is 14.7. The van der Waals surface area contributed by atoms with E-state index in [-0.39, 0.29) is 0 Å². The smallest absolute Gasteiger partial charge is 0.319 e. The largest absolute Gasteiger partial charge is 0.480 e. The highest BCUT2D eigenvalue weighted by atomic mass is 79.9. The fourth-order valence-corrected chi connectivity index (χ4v) is 4.99. The number of amidine groups is 1. The Morgan fingerprint density at radius 3 is 2.29 bits per heavy atom. The van der Waals surface area contributed by atoms with Crippen molar-refractivity contribution in [2.24, 2.45) is 5.10 Å². The van der Waals surface area contributed by atoms with Crippen LogP contribution in [0.3, 0.4) is 0 Å². The summed E-state index contributed by atoms with van der Waals surface area (Å²) in [7, 11) is 1.73. The molecule has 0 radical (unpaired) electrons. The van der Waals surface area contributed by atoms with Gasteiger partial charge in [-0.1, -0.05) is 89.8 Å². The Morgan fingerprint density at radius 2 is 1.77 bits per heavy atom. The second-order valence-electron chi connectivity index (χ2n) is 8.10. The van der Waals surface area contributed by atoms with Crippen molar-refractivity contribution < 1.29 is 9.90 Å². The fourth-order valence-electron chi connectivity index (χ4n) is 3.37. The summed E-state index contributed by atoms with van der Waals surface area (Å²) < 4.78 is -0.967. The highest BCUT2D eigenvalue weighted by molar-refractivity contribution is 9.09. The zero-order valence-corrected chi connectivity index (χ0v) is 22.2. The second kappa shape index (κ2) is 13.8. The highest BCUT2D eigenvalue weighted by Gasteiger charge is 2.32. The number of nitrogens with one attached hydrogen (secondary N) is 1. The minimum Gasteiger partial charge on any atom is -0.480 e. The van der Waals surface area contributed by atoms with E-state index in [4.69, 9.17) is 0 Å². The van der Waals surface area contributed by atoms with Gasteiger partial charge in [-0.25, -0.2) is 0 Å². The number of carboxylic acids is 1. The van der Waals surface area contributed by atoms with Gasteiger partial charge in [0.05, 0.1) is 5.45 Å². The third-order valence-corrected chi connectivity index (χ3v) is 6.93. The van der Waals surface area contributed by atoms with Gasteiger partial charge in [0, 0.05) is 13.6 Å². The molecule has 31 heavy (non-hydrogen) atoms. The van der Waals surface area contributed by atoms with Gasteiger partial charge < -0.3 is 15.4 Å². The zero-order chi connectivity index (χ0) is 23.4. The molecule has 0 bridgehead atoms. The average Bonchev–Trinajstić information content (AvgIpc) is 2.73. The van der Waals surface area contributed by atoms with Crippen LogP contribution in [0.15, 0.2) is 29.4 Å². The SMILES string of the molecule is CCC/C(C)=c1\cccc\c1=C(\CCC)CCN(CBr)/C(=N\NC)SC(C)(C)C(=O)O. The lowest BCUT2D eigenvalue weighted by Gasteiger charge is -2.28. The van der Waals surface area contributed by atoms with E-state index in [2.05, 4.69) is 76.4 Å². The monoisotopic (exact) mass is 511 g/mol. The van der Waals surface area contributed by atoms with E-state index in [1.165, 1.54) is 33.3 Å². The van der Waals surface area contributed by atoms with Crippen molar-refractivity contribution in [3.8, 4) is 0 Å². The van der Waals surface area contributed by atoms with Crippen molar-refractivity contribution >= 4 is 50.0 Å². The van der Waals surface area contributed by atoms with E-state index in [1.807, 2.05) is 0 Å². The molecule has 0 aliphatic heterocycles. The van der Waals surface area contributed by atoms with Crippen molar-refractivity contribution in [1.29, 1.82) is 0 Å². The molecule has 1 aromatic carbocycles. The number of carboxylic acid groups (broad SMARTS) is 1. The summed E-state index contributed by atoms with van der Waals surface area (Å²) in [5.74, 6) is -0.857. The summed E-state index contributed by atoms with van der Waals surface area (Å²) in [6, 6.07) is 8.71. The molecule has 0 fully saturated rings. The Bertz CT molecular complexity index is 868. The van der Waals surface area contributed by atoms with Crippen LogP contribution in [0.5, 0.6) is 0 Å². The molecule has 0 amide bonds. The molecule has 0 heterocycles. The van der Waals surface area contributed by atoms with Gasteiger partial charge in [-0.15, -0.1) is 0 Å². The van der Waals surface area contributed by atoms with E-state index in [1.54, 1.807) is 20.9 Å². The van der Waals surface area contributed by atoms with Crippen LogP contribution in [-0.4, -0.2) is 44.9 Å². The van der Waals surface area contributed by atoms with Crippen molar-refractivity contribution in [2.45, 2.75) is 71.5 Å². The van der Waals surface area contributed by atoms with Gasteiger partial charge in [0.25, 0.3) is 0 Å². The van der Waals surface area contributed by atoms with Crippen molar-refractivity contribution in [1.82, 2.24) is 10.3 Å². The molecule has 0 saturated heterocycles. The number of nitrogens with zero attached hydrogens (tertiary/aromatic N) is 2. The summed E-state index contributed by atoms with van der Waals surface area (Å²) in [6.07, 6.45) is 5.26. The number of rotatable bonds is 11. The highest BCUT2D eigenvalue weighted by Crippen LogP contribution is 2.28. The van der Waals surface area contributed by atoms with E-state index >= 15 is 0 Å². The van der Waals surface area contributed by atoms with Gasteiger partial charge in [-0.2, -0.15) is 5.10 Å². The van der Waals surface area contributed by atoms with Crippen LogP contribution >= 0.6 is 27.7 Å². The fraction of sp³-hybridized carbons (Fsp3) is 0.583. The maximum Gasteiger partial charge on any atom is 0.319 e. The van der Waals surface area contributed by atoms with Crippen molar-refractivity contribution in [3.63, 3.8) is 0 Å². The van der Waals surface area contributed by atoms with E-state index in [0.29, 0.717) is 10.6 Å². The predicted molar refractivity (Wildman–Crippen MR) is 139 cm³/mol. The van der Waals surface area contributed by atoms with E-state index < -0.39 is 10.7 Å². The molecular formula is C24H38BrN3O2S. The van der Waals surface area contributed by atoms with Crippen LogP contribution in [0.4, 0.5) is 0 Å². The van der Waals surface area contributed by atoms with Crippen LogP contribution in [0, 0.1) is 0 Å². The molecule has 0 spiro atoms. The number of hydrazone groups is 1. The molecule has 2 N–H and O–H groups in total. The first-order valence-electron chi connectivity index (χ1n) is 11.0. The van der Waals surface area contributed by atoms with Crippen molar-refractivity contribution in [2.75, 3.05) is 19.0 Å². The molecule has 0 aliphatic rings. The lowest BCUT2D eigenvalue weighted by Crippen LogP contribution is -2.37. The van der Waals surface area contributed by atoms with Gasteiger partial charge >= 0.3 is 5.97 Å². The lowest BCUT2D eigenvalue weighted by atomic mass is 9.99. The molecule has 0 atom stereocenters. The molecule has 174 valence electrons. The maximum absolute atomic E-state index is 11.6. The van der Waals surface area contributed by atoms with E-state index in [9.17, 15) is 9.90 Å². The van der Waals surface area contributed by atoms with Gasteiger partial charge in [0.1, 0.15) is 4.75 Å². The molecule has 0 aliphatic carbocycles. The van der Waals surface area contributed by atoms with Crippen LogP contribution < -0.4 is 15.9 Å². The van der Waals surface area contributed by atoms with Crippen molar-refractivity contribution in [3.05, 3.63) is 34.7 Å². The minimum absolute atomic E-state index is 0.582. The molecule has 7 heteroatoms. The Kier molecular flexibility index (Phi) is 12.3. The van der Waals surface area contributed by atoms with Gasteiger partial charge in [0.15, 0.2) is 5.17 Å². The average molecular weight is 513 g/mol. The van der Waals surface area contributed by atoms with Gasteiger partial charge in [-0.3, -0.25) is 4.79 Å². The Morgan fingerprint density at radius 1 is 1.16 bits per heavy atom. The maximum atomic E-state index is 11.6. The molecule has 0 unspecified atom stereocenters. The Labute approximate surface area is 200 Å². The first-order valence-corrected chi connectivity index (χ1v) is 12.9. The molecule has 1 aromatic rings. The zero-order valence-electron chi connectivity index (χ0n) is 19.8. The number of hydrogen-bond donors (Lipinski definition) is 2. The molecule has 0 aromatic heterocycles. The molecular weight excluding hydrogens is 474 g/mol. The predicted octanol–water partition coefficient (Wildman–Crippen LogP) is 4.74. The summed E-state index contributed by atoms with van der Waals surface area (Å²) in [6.45, 7) is 10.8. The molecule has 0 saturated carbocycles. The Balaban J connectivity index is 3.31. The summed E-state index contributed by atoms with van der Waals surface area (Å²) in [4.78, 5) is 13.7. The number of benzene rings is 1. The third kappa shape index (κ3) is 8.53. The van der Waals surface area contributed by atoms with Gasteiger partial charge in [0.2, 0.25) is 0 Å². The number of halogens is 1. The second-order valence-corrected chi connectivity index (χ2v) is 10.2. The summed E-state index contributed by atoms with van der Waals surface area (Å²) >= 11 is 4.84. The minimum atomic E-state index is -0.967. The third-order valence-electron chi connectivity index (χ3n) is 5.11. The van der Waals surface area contributed by atoms with E-state index in [0.717, 1.165) is 38.6 Å². The first kappa shape index (κ1) is 27.6. The number of aliphatic carboxylic acids is 1. The summed E-state index contributed by atoms with van der Waals surface area (Å²) in [5, 5.41) is 17.3. The number of alkyl halides is 1. The van der Waals surface area contributed by atoms with Crippen LogP contribution in [0.2, 0.25) is 0 Å². The number of thioether (sulfide) groups is 1. The number of hydrogen-bond acceptors (Lipinski definition) is 4. The lowest BCUT2D eigenvalue weighted by molar-refractivity contribution is -0.138.